The number of nitrogens with one attached hydrogen (secondary N) is 1. The number of hydrogen-bond donors (Lipinski definition) is 2. The second-order valence-electron chi connectivity index (χ2n) is 10.9. The Bertz CT molecular complexity index is 1380. The Morgan fingerprint density at radius 1 is 1.05 bits per heavy atom. The van der Waals surface area contributed by atoms with Crippen LogP contribution < -0.4 is 19.7 Å². The quantitative estimate of drug-likeness (QED) is 0.429. The summed E-state index contributed by atoms with van der Waals surface area (Å²) in [6, 6.07) is 14.1. The molecule has 3 aromatic rings. The predicted octanol–water partition coefficient (Wildman–Crippen LogP) is 3.94. The Morgan fingerprint density at radius 3 is 2.63 bits per heavy atom. The van der Waals surface area contributed by atoms with Crippen molar-refractivity contribution >= 4 is 11.7 Å². The molecule has 3 aliphatic heterocycles. The summed E-state index contributed by atoms with van der Waals surface area (Å²) in [5.74, 6) is -0.272. The van der Waals surface area contributed by atoms with Crippen molar-refractivity contribution in [3.8, 4) is 22.8 Å². The first-order valence-corrected chi connectivity index (χ1v) is 14.2. The highest BCUT2D eigenvalue weighted by molar-refractivity contribution is 5.80. The van der Waals surface area contributed by atoms with Crippen molar-refractivity contribution in [2.24, 2.45) is 5.92 Å². The molecular weight excluding hydrogens is 530 g/mol. The highest BCUT2D eigenvalue weighted by Gasteiger charge is 2.34. The maximum absolute atomic E-state index is 14.8. The first kappa shape index (κ1) is 27.4. The third kappa shape index (κ3) is 6.13. The van der Waals surface area contributed by atoms with Gasteiger partial charge in [-0.1, -0.05) is 6.07 Å². The van der Waals surface area contributed by atoms with E-state index in [2.05, 4.69) is 15.1 Å². The van der Waals surface area contributed by atoms with Crippen molar-refractivity contribution in [3.05, 3.63) is 71.8 Å². The molecule has 1 unspecified atom stereocenters. The zero-order valence-electron chi connectivity index (χ0n) is 22.8. The number of aromatic nitrogens is 1. The molecule has 2 saturated heterocycles. The fourth-order valence-corrected chi connectivity index (χ4v) is 5.87. The van der Waals surface area contributed by atoms with Crippen molar-refractivity contribution in [1.29, 1.82) is 0 Å². The highest BCUT2D eigenvalue weighted by atomic mass is 19.1. The second-order valence-corrected chi connectivity index (χ2v) is 10.9. The molecule has 216 valence electrons. The summed E-state index contributed by atoms with van der Waals surface area (Å²) in [6.45, 7) is 3.95. The number of hydrogen-bond acceptors (Lipinski definition) is 7. The van der Waals surface area contributed by atoms with Gasteiger partial charge in [0.2, 0.25) is 5.91 Å². The van der Waals surface area contributed by atoms with Crippen molar-refractivity contribution in [2.75, 3.05) is 50.8 Å². The molecule has 2 fully saturated rings. The molecule has 0 saturated carbocycles. The minimum absolute atomic E-state index is 0.0514. The van der Waals surface area contributed by atoms with Crippen molar-refractivity contribution in [3.63, 3.8) is 0 Å². The van der Waals surface area contributed by atoms with Gasteiger partial charge in [0.25, 0.3) is 0 Å². The predicted molar refractivity (Wildman–Crippen MR) is 150 cm³/mol. The zero-order chi connectivity index (χ0) is 28.3. The Balaban J connectivity index is 1.15. The topological polar surface area (TPSA) is 87.2 Å². The molecule has 4 heterocycles. The van der Waals surface area contributed by atoms with Gasteiger partial charge in [0.1, 0.15) is 31.0 Å². The van der Waals surface area contributed by atoms with Crippen LogP contribution in [0, 0.1) is 17.6 Å². The van der Waals surface area contributed by atoms with E-state index in [1.165, 1.54) is 18.2 Å². The minimum Gasteiger partial charge on any atom is -0.486 e. The van der Waals surface area contributed by atoms with Gasteiger partial charge in [0.05, 0.1) is 17.7 Å². The number of carbonyl (C=O) groups is 1. The van der Waals surface area contributed by atoms with Gasteiger partial charge in [0, 0.05) is 25.2 Å². The van der Waals surface area contributed by atoms with E-state index in [0.29, 0.717) is 38.2 Å². The number of benzene rings is 2. The Hall–Kier alpha value is -3.76. The van der Waals surface area contributed by atoms with Crippen LogP contribution in [0.4, 0.5) is 14.6 Å². The number of fused-ring (bicyclic) bond motifs is 1. The minimum atomic E-state index is -1.13. The van der Waals surface area contributed by atoms with Crippen LogP contribution in [0.1, 0.15) is 30.9 Å². The number of likely N-dealkylation sites (tertiary alicyclic amines) is 1. The van der Waals surface area contributed by atoms with E-state index in [-0.39, 0.29) is 35.7 Å². The van der Waals surface area contributed by atoms with Gasteiger partial charge in [-0.3, -0.25) is 4.79 Å². The summed E-state index contributed by atoms with van der Waals surface area (Å²) in [6.07, 6.45) is 1.64. The molecule has 1 amide bonds. The maximum Gasteiger partial charge on any atom is 0.225 e. The van der Waals surface area contributed by atoms with E-state index in [4.69, 9.17) is 14.5 Å². The summed E-state index contributed by atoms with van der Waals surface area (Å²) in [5.41, 5.74) is 1.89. The molecular formula is C31H34F2N4O4. The van der Waals surface area contributed by atoms with E-state index >= 15 is 0 Å². The van der Waals surface area contributed by atoms with E-state index in [0.717, 1.165) is 43.0 Å². The monoisotopic (exact) mass is 564 g/mol. The van der Waals surface area contributed by atoms with Crippen LogP contribution in [0.5, 0.6) is 11.5 Å². The molecule has 6 rings (SSSR count). The first-order valence-electron chi connectivity index (χ1n) is 14.2. The largest absolute Gasteiger partial charge is 0.486 e. The number of amides is 1. The lowest BCUT2D eigenvalue weighted by Crippen LogP contribution is -2.48. The SMILES string of the molecule is O=C(N[C@H](CN1CCCC1)[C@H](O)c1cc(F)c2c(c1)OCCO2)C1CCN(c2cccc(-c3ccc(F)cc3)n2)C1. The van der Waals surface area contributed by atoms with Gasteiger partial charge in [-0.05, 0) is 86.4 Å². The van der Waals surface area contributed by atoms with Gasteiger partial charge >= 0.3 is 0 Å². The van der Waals surface area contributed by atoms with Crippen molar-refractivity contribution < 1.29 is 28.2 Å². The van der Waals surface area contributed by atoms with Crippen LogP contribution >= 0.6 is 0 Å². The van der Waals surface area contributed by atoms with E-state index in [9.17, 15) is 18.7 Å². The summed E-state index contributed by atoms with van der Waals surface area (Å²) in [5, 5.41) is 14.5. The van der Waals surface area contributed by atoms with Gasteiger partial charge in [-0.15, -0.1) is 0 Å². The van der Waals surface area contributed by atoms with Crippen LogP contribution in [-0.2, 0) is 4.79 Å². The normalized spacial score (nSPS) is 20.2. The number of rotatable bonds is 8. The second kappa shape index (κ2) is 12.0. The average Bonchev–Trinajstić information content (AvgIpc) is 3.70. The lowest BCUT2D eigenvalue weighted by atomic mass is 9.99. The molecule has 1 aromatic heterocycles. The number of ether oxygens (including phenoxy) is 2. The summed E-state index contributed by atoms with van der Waals surface area (Å²) >= 11 is 0. The average molecular weight is 565 g/mol. The summed E-state index contributed by atoms with van der Waals surface area (Å²) in [7, 11) is 0. The molecule has 0 radical (unpaired) electrons. The Morgan fingerprint density at radius 2 is 1.83 bits per heavy atom. The third-order valence-corrected chi connectivity index (χ3v) is 8.08. The maximum atomic E-state index is 14.8. The fourth-order valence-electron chi connectivity index (χ4n) is 5.87. The van der Waals surface area contributed by atoms with Crippen LogP contribution in [-0.4, -0.2) is 72.9 Å². The lowest BCUT2D eigenvalue weighted by Gasteiger charge is -2.30. The van der Waals surface area contributed by atoms with E-state index in [1.54, 1.807) is 18.2 Å². The molecule has 3 aliphatic rings. The number of aliphatic hydroxyl groups excluding tert-OH is 1. The molecule has 41 heavy (non-hydrogen) atoms. The third-order valence-electron chi connectivity index (χ3n) is 8.08. The fraction of sp³-hybridized carbons (Fsp3) is 0.419. The highest BCUT2D eigenvalue weighted by Crippen LogP contribution is 2.36. The van der Waals surface area contributed by atoms with Crippen LogP contribution in [0.15, 0.2) is 54.6 Å². The summed E-state index contributed by atoms with van der Waals surface area (Å²) in [4.78, 5) is 22.6. The smallest absolute Gasteiger partial charge is 0.225 e. The van der Waals surface area contributed by atoms with Crippen LogP contribution in [0.2, 0.25) is 0 Å². The lowest BCUT2D eigenvalue weighted by molar-refractivity contribution is -0.126. The molecule has 0 spiro atoms. The Labute approximate surface area is 237 Å². The van der Waals surface area contributed by atoms with Crippen molar-refractivity contribution in [2.45, 2.75) is 31.4 Å². The molecule has 0 aliphatic carbocycles. The number of anilines is 1. The molecule has 10 heteroatoms. The van der Waals surface area contributed by atoms with Gasteiger partial charge < -0.3 is 29.7 Å². The molecule has 2 N–H and O–H groups in total. The van der Waals surface area contributed by atoms with Crippen molar-refractivity contribution in [1.82, 2.24) is 15.2 Å². The molecule has 8 nitrogen and oxygen atoms in total. The van der Waals surface area contributed by atoms with E-state index < -0.39 is 18.0 Å². The van der Waals surface area contributed by atoms with Crippen LogP contribution in [0.3, 0.4) is 0 Å². The summed E-state index contributed by atoms with van der Waals surface area (Å²) < 4.78 is 39.1. The Kier molecular flexibility index (Phi) is 8.02. The number of halogens is 2. The number of aliphatic hydroxyl groups is 1. The number of carbonyl (C=O) groups excluding carboxylic acids is 1. The first-order chi connectivity index (χ1) is 19.9. The number of pyridine rings is 1. The van der Waals surface area contributed by atoms with Gasteiger partial charge in [-0.25, -0.2) is 13.8 Å². The zero-order valence-corrected chi connectivity index (χ0v) is 22.8. The van der Waals surface area contributed by atoms with Gasteiger partial charge in [-0.2, -0.15) is 0 Å². The van der Waals surface area contributed by atoms with Gasteiger partial charge in [0.15, 0.2) is 17.3 Å². The molecule has 3 atom stereocenters. The molecule has 0 bridgehead atoms. The van der Waals surface area contributed by atoms with Crippen LogP contribution in [0.25, 0.3) is 11.3 Å². The standard InChI is InChI=1S/C31H34F2N4O4/c32-23-8-6-20(7-9-23)25-4-3-5-28(34-25)37-13-10-21(18-37)31(39)35-26(19-36-11-1-2-12-36)29(38)22-16-24(33)30-27(17-22)40-14-15-41-30/h3-9,16-17,21,26,29,38H,1-2,10-15,18-19H2,(H,35,39)/t21?,26-,29-/m1/s1. The molecule has 2 aromatic carbocycles. The number of nitrogens with zero attached hydrogens (tertiary/aromatic N) is 3. The van der Waals surface area contributed by atoms with E-state index in [1.807, 2.05) is 18.2 Å².